The maximum atomic E-state index is 13.9. The minimum Gasteiger partial charge on any atom is -0.466 e. The van der Waals surface area contributed by atoms with Gasteiger partial charge in [-0.25, -0.2) is 9.78 Å². The number of rotatable bonds is 7. The number of para-hydroxylation sites is 1. The third-order valence-electron chi connectivity index (χ3n) is 9.82. The van der Waals surface area contributed by atoms with Crippen LogP contribution in [0, 0.1) is 0 Å². The van der Waals surface area contributed by atoms with E-state index in [1.54, 1.807) is 18.2 Å². The molecule has 2 amide bonds. The van der Waals surface area contributed by atoms with Crippen LogP contribution < -0.4 is 10.6 Å². The number of benzene rings is 3. The van der Waals surface area contributed by atoms with Crippen LogP contribution in [0.1, 0.15) is 85.2 Å². The molecule has 234 valence electrons. The molecule has 0 radical (unpaired) electrons. The summed E-state index contributed by atoms with van der Waals surface area (Å²) in [5.41, 5.74) is 5.43. The van der Waals surface area contributed by atoms with Gasteiger partial charge in [0, 0.05) is 28.1 Å². The van der Waals surface area contributed by atoms with Crippen LogP contribution in [0.15, 0.2) is 79.1 Å². The lowest BCUT2D eigenvalue weighted by Gasteiger charge is -2.29. The van der Waals surface area contributed by atoms with E-state index in [9.17, 15) is 14.4 Å². The molecule has 2 aromatic heterocycles. The summed E-state index contributed by atoms with van der Waals surface area (Å²) in [5, 5.41) is 8.46. The van der Waals surface area contributed by atoms with E-state index in [2.05, 4.69) is 44.0 Å². The average molecular weight is 615 g/mol. The molecule has 2 heterocycles. The summed E-state index contributed by atoms with van der Waals surface area (Å²) in [6, 6.07) is 21.4. The average Bonchev–Trinajstić information content (AvgIpc) is 3.71. The second-order valence-electron chi connectivity index (χ2n) is 12.6. The van der Waals surface area contributed by atoms with E-state index in [4.69, 9.17) is 4.98 Å². The van der Waals surface area contributed by atoms with Crippen molar-refractivity contribution < 1.29 is 19.1 Å². The third-order valence-corrected chi connectivity index (χ3v) is 9.82. The number of amides is 2. The minimum atomic E-state index is -0.998. The zero-order valence-corrected chi connectivity index (χ0v) is 26.1. The van der Waals surface area contributed by atoms with Gasteiger partial charge in [-0.1, -0.05) is 68.5 Å². The number of methoxy groups -OCH3 is 1. The van der Waals surface area contributed by atoms with Crippen molar-refractivity contribution >= 4 is 56.9 Å². The van der Waals surface area contributed by atoms with Gasteiger partial charge in [0.1, 0.15) is 11.9 Å². The van der Waals surface area contributed by atoms with Gasteiger partial charge in [-0.05, 0) is 79.1 Å². The van der Waals surface area contributed by atoms with Crippen LogP contribution in [-0.2, 0) is 14.3 Å². The number of carbonyl (C=O) groups excluding carboxylic acids is 3. The second-order valence-corrected chi connectivity index (χ2v) is 12.6. The molecule has 46 heavy (non-hydrogen) atoms. The number of hydrogen-bond acceptors (Lipinski definition) is 5. The van der Waals surface area contributed by atoms with E-state index in [1.165, 1.54) is 48.9 Å². The van der Waals surface area contributed by atoms with E-state index < -0.39 is 11.5 Å². The van der Waals surface area contributed by atoms with Crippen LogP contribution in [-0.4, -0.2) is 39.8 Å². The van der Waals surface area contributed by atoms with Crippen molar-refractivity contribution in [3.8, 4) is 0 Å². The van der Waals surface area contributed by atoms with Gasteiger partial charge in [0.25, 0.3) is 5.91 Å². The van der Waals surface area contributed by atoms with Crippen LogP contribution in [0.25, 0.3) is 33.4 Å². The number of esters is 1. The number of ether oxygens (including phenoxy) is 1. The summed E-state index contributed by atoms with van der Waals surface area (Å²) >= 11 is 0. The predicted octanol–water partition coefficient (Wildman–Crippen LogP) is 7.56. The number of nitrogens with one attached hydrogen (secondary N) is 2. The fourth-order valence-electron chi connectivity index (χ4n) is 7.42. The molecule has 3 aromatic carbocycles. The first-order valence-electron chi connectivity index (χ1n) is 16.3. The van der Waals surface area contributed by atoms with Gasteiger partial charge >= 0.3 is 5.97 Å². The van der Waals surface area contributed by atoms with Gasteiger partial charge in [-0.3, -0.25) is 14.0 Å². The predicted molar refractivity (Wildman–Crippen MR) is 181 cm³/mol. The zero-order valence-electron chi connectivity index (χ0n) is 26.1. The van der Waals surface area contributed by atoms with Crippen molar-refractivity contribution in [3.05, 3.63) is 95.8 Å². The maximum absolute atomic E-state index is 13.9. The largest absolute Gasteiger partial charge is 0.466 e. The van der Waals surface area contributed by atoms with Crippen LogP contribution >= 0.6 is 0 Å². The molecule has 2 aliphatic rings. The van der Waals surface area contributed by atoms with Crippen LogP contribution in [0.2, 0.25) is 0 Å². The molecular formula is C38H38N4O4. The quantitative estimate of drug-likeness (QED) is 0.146. The molecule has 0 bridgehead atoms. The molecule has 0 saturated heterocycles. The van der Waals surface area contributed by atoms with Gasteiger partial charge in [-0.15, -0.1) is 0 Å². The van der Waals surface area contributed by atoms with E-state index in [0.717, 1.165) is 47.7 Å². The van der Waals surface area contributed by atoms with E-state index in [0.29, 0.717) is 30.0 Å². The Labute approximate surface area is 267 Å². The molecule has 0 unspecified atom stereocenters. The summed E-state index contributed by atoms with van der Waals surface area (Å²) in [6.45, 7) is 0. The molecule has 2 aliphatic carbocycles. The van der Waals surface area contributed by atoms with Crippen molar-refractivity contribution in [2.45, 2.75) is 69.2 Å². The van der Waals surface area contributed by atoms with E-state index >= 15 is 0 Å². The normalized spacial score (nSPS) is 16.7. The molecule has 8 nitrogen and oxygen atoms in total. The fraction of sp³-hybridized carbons (Fsp3) is 0.316. The molecule has 2 N–H and O–H groups in total. The fourth-order valence-corrected chi connectivity index (χ4v) is 7.42. The molecule has 2 fully saturated rings. The van der Waals surface area contributed by atoms with Crippen LogP contribution in [0.4, 0.5) is 5.69 Å². The molecular weight excluding hydrogens is 576 g/mol. The van der Waals surface area contributed by atoms with Gasteiger partial charge in [0.05, 0.1) is 23.7 Å². The number of nitrogens with zero attached hydrogens (tertiary/aromatic N) is 2. The van der Waals surface area contributed by atoms with Gasteiger partial charge in [0.15, 0.2) is 0 Å². The van der Waals surface area contributed by atoms with Crippen molar-refractivity contribution in [2.24, 2.45) is 0 Å². The Hall–Kier alpha value is -4.98. The summed E-state index contributed by atoms with van der Waals surface area (Å²) in [7, 11) is 1.33. The number of carbonyl (C=O) groups is 3. The first kappa shape index (κ1) is 29.7. The van der Waals surface area contributed by atoms with Crippen LogP contribution in [0.3, 0.4) is 0 Å². The Kier molecular flexibility index (Phi) is 8.03. The van der Waals surface area contributed by atoms with E-state index in [1.807, 2.05) is 36.7 Å². The summed E-state index contributed by atoms with van der Waals surface area (Å²) in [4.78, 5) is 43.8. The number of aromatic nitrogens is 2. The number of fused-ring (bicyclic) bond motifs is 5. The maximum Gasteiger partial charge on any atom is 0.330 e. The van der Waals surface area contributed by atoms with Crippen molar-refractivity contribution in [1.82, 2.24) is 14.7 Å². The van der Waals surface area contributed by atoms with Crippen molar-refractivity contribution in [3.63, 3.8) is 0 Å². The number of hydrogen-bond donors (Lipinski definition) is 2. The number of anilines is 1. The van der Waals surface area contributed by atoms with Crippen molar-refractivity contribution in [2.75, 3.05) is 12.4 Å². The molecule has 8 heteroatoms. The first-order valence-corrected chi connectivity index (χ1v) is 16.3. The van der Waals surface area contributed by atoms with Crippen molar-refractivity contribution in [1.29, 1.82) is 0 Å². The minimum absolute atomic E-state index is 0.222. The Morgan fingerprint density at radius 1 is 0.913 bits per heavy atom. The summed E-state index contributed by atoms with van der Waals surface area (Å²) in [6.07, 6.45) is 13.8. The molecule has 7 rings (SSSR count). The standard InChI is InChI=1S/C38H38N4O4/c1-46-33(43)20-15-25-13-17-28(18-14-25)40-37(45)38(21-7-8-22-38)41-36(44)27-16-19-30-32(23-27)42-24-39-31-12-6-5-11-29(31)35(42)34(30)26-9-3-2-4-10-26/h5-6,11-20,23-24,26H,2-4,7-10,21-22H2,1H3,(H,40,45)(H,41,44)/b20-15+. The molecule has 5 aromatic rings. The highest BCUT2D eigenvalue weighted by Crippen LogP contribution is 2.42. The molecule has 0 atom stereocenters. The van der Waals surface area contributed by atoms with Gasteiger partial charge < -0.3 is 15.4 Å². The Balaban J connectivity index is 1.18. The SMILES string of the molecule is COC(=O)/C=C/c1ccc(NC(=O)C2(NC(=O)c3ccc4c(C5CCCCC5)c5c6ccccc6ncn5c4c3)CCCC2)cc1. The monoisotopic (exact) mass is 614 g/mol. The molecule has 0 spiro atoms. The first-order chi connectivity index (χ1) is 22.5. The molecule has 0 aliphatic heterocycles. The zero-order chi connectivity index (χ0) is 31.7. The lowest BCUT2D eigenvalue weighted by Crippen LogP contribution is -2.55. The van der Waals surface area contributed by atoms with Gasteiger partial charge in [-0.2, -0.15) is 0 Å². The molecule has 2 saturated carbocycles. The highest BCUT2D eigenvalue weighted by Gasteiger charge is 2.42. The van der Waals surface area contributed by atoms with E-state index in [-0.39, 0.29) is 11.8 Å². The highest BCUT2D eigenvalue weighted by molar-refractivity contribution is 6.08. The third kappa shape index (κ3) is 5.53. The summed E-state index contributed by atoms with van der Waals surface area (Å²) in [5.74, 6) is -0.448. The topological polar surface area (TPSA) is 102 Å². The second kappa shape index (κ2) is 12.4. The Morgan fingerprint density at radius 2 is 1.67 bits per heavy atom. The highest BCUT2D eigenvalue weighted by atomic mass is 16.5. The lowest BCUT2D eigenvalue weighted by molar-refractivity contribution is -0.134. The van der Waals surface area contributed by atoms with Gasteiger partial charge in [0.2, 0.25) is 5.91 Å². The Bertz CT molecular complexity index is 1980. The lowest BCUT2D eigenvalue weighted by atomic mass is 9.82. The van der Waals surface area contributed by atoms with Crippen LogP contribution in [0.5, 0.6) is 0 Å². The summed E-state index contributed by atoms with van der Waals surface area (Å²) < 4.78 is 6.79. The smallest absolute Gasteiger partial charge is 0.330 e. The Morgan fingerprint density at radius 3 is 2.43 bits per heavy atom.